The van der Waals surface area contributed by atoms with E-state index >= 15 is 0 Å². The molecule has 5 nitrogen and oxygen atoms in total. The number of nitrogen functional groups attached to an aromatic ring is 2. The monoisotopic (exact) mass is 307 g/mol. The fraction of sp³-hybridized carbons (Fsp3) is 0.143. The van der Waals surface area contributed by atoms with Crippen LogP contribution < -0.4 is 11.5 Å². The van der Waals surface area contributed by atoms with Crippen molar-refractivity contribution in [2.24, 2.45) is 0 Å². The molecule has 1 unspecified atom stereocenters. The number of alkyl halides is 3. The standard InChI is InChI=1S/C14H12F3N5/c15-11(16)12(17)22-5-9(7-1-3-8(18)4-2-7)10-13(19)20-6-21-14(10)22/h1-6,11-12H,18H2,(H2,19,20,21). The number of fused-ring (bicyclic) bond motifs is 1. The maximum atomic E-state index is 13.8. The van der Waals surface area contributed by atoms with Gasteiger partial charge in [-0.2, -0.15) is 0 Å². The first-order valence-corrected chi connectivity index (χ1v) is 6.38. The molecule has 0 radical (unpaired) electrons. The summed E-state index contributed by atoms with van der Waals surface area (Å²) < 4.78 is 40.0. The highest BCUT2D eigenvalue weighted by atomic mass is 19.3. The lowest BCUT2D eigenvalue weighted by Crippen LogP contribution is -2.11. The van der Waals surface area contributed by atoms with Gasteiger partial charge < -0.3 is 11.5 Å². The predicted molar refractivity (Wildman–Crippen MR) is 77.9 cm³/mol. The van der Waals surface area contributed by atoms with Crippen molar-refractivity contribution >= 4 is 22.5 Å². The van der Waals surface area contributed by atoms with Crippen LogP contribution in [0.2, 0.25) is 0 Å². The molecule has 0 fully saturated rings. The Morgan fingerprint density at radius 1 is 1.00 bits per heavy atom. The third kappa shape index (κ3) is 2.22. The first kappa shape index (κ1) is 14.2. The Morgan fingerprint density at radius 3 is 2.32 bits per heavy atom. The Labute approximate surface area is 123 Å². The van der Waals surface area contributed by atoms with Gasteiger partial charge in [-0.25, -0.2) is 23.1 Å². The molecule has 0 aliphatic rings. The molecule has 0 spiro atoms. The van der Waals surface area contributed by atoms with Crippen molar-refractivity contribution in [2.75, 3.05) is 11.5 Å². The number of aromatic nitrogens is 3. The molecule has 0 saturated carbocycles. The predicted octanol–water partition coefficient (Wildman–Crippen LogP) is 3.00. The van der Waals surface area contributed by atoms with Crippen molar-refractivity contribution in [3.63, 3.8) is 0 Å². The van der Waals surface area contributed by atoms with E-state index in [1.165, 1.54) is 6.20 Å². The van der Waals surface area contributed by atoms with Gasteiger partial charge in [0.05, 0.1) is 5.39 Å². The molecule has 2 heterocycles. The van der Waals surface area contributed by atoms with E-state index in [0.717, 1.165) is 10.9 Å². The number of benzene rings is 1. The summed E-state index contributed by atoms with van der Waals surface area (Å²) in [6.07, 6.45) is -3.32. The Morgan fingerprint density at radius 2 is 1.68 bits per heavy atom. The maximum absolute atomic E-state index is 13.8. The Bertz CT molecular complexity index is 813. The van der Waals surface area contributed by atoms with Crippen LogP contribution in [-0.4, -0.2) is 21.0 Å². The minimum absolute atomic E-state index is 0.0205. The first-order valence-electron chi connectivity index (χ1n) is 6.38. The lowest BCUT2D eigenvalue weighted by atomic mass is 10.1. The molecule has 0 aliphatic carbocycles. The van der Waals surface area contributed by atoms with Crippen molar-refractivity contribution in [3.8, 4) is 11.1 Å². The smallest absolute Gasteiger partial charge is 0.288 e. The summed E-state index contributed by atoms with van der Waals surface area (Å²) in [5.41, 5.74) is 13.1. The minimum Gasteiger partial charge on any atom is -0.399 e. The summed E-state index contributed by atoms with van der Waals surface area (Å²) in [5, 5.41) is 0.329. The van der Waals surface area contributed by atoms with E-state index in [4.69, 9.17) is 11.5 Å². The molecule has 0 aliphatic heterocycles. The summed E-state index contributed by atoms with van der Waals surface area (Å²) in [4.78, 5) is 7.73. The highest BCUT2D eigenvalue weighted by Crippen LogP contribution is 2.35. The molecule has 8 heteroatoms. The minimum atomic E-state index is -3.17. The normalized spacial score (nSPS) is 12.9. The van der Waals surface area contributed by atoms with E-state index in [1.807, 2.05) is 0 Å². The Balaban J connectivity index is 2.28. The molecule has 3 aromatic rings. The van der Waals surface area contributed by atoms with Gasteiger partial charge in [-0.1, -0.05) is 12.1 Å². The largest absolute Gasteiger partial charge is 0.399 e. The molecule has 0 amide bonds. The number of anilines is 2. The zero-order valence-corrected chi connectivity index (χ0v) is 11.2. The van der Waals surface area contributed by atoms with Gasteiger partial charge in [0.25, 0.3) is 6.43 Å². The van der Waals surface area contributed by atoms with E-state index in [0.29, 0.717) is 22.2 Å². The van der Waals surface area contributed by atoms with Gasteiger partial charge >= 0.3 is 0 Å². The number of hydrogen-bond donors (Lipinski definition) is 2. The van der Waals surface area contributed by atoms with Crippen molar-refractivity contribution in [2.45, 2.75) is 12.7 Å². The van der Waals surface area contributed by atoms with Crippen molar-refractivity contribution in [3.05, 3.63) is 36.8 Å². The van der Waals surface area contributed by atoms with Crippen LogP contribution in [0.1, 0.15) is 6.30 Å². The summed E-state index contributed by atoms with van der Waals surface area (Å²) in [5.74, 6) is 0.0945. The topological polar surface area (TPSA) is 82.8 Å². The van der Waals surface area contributed by atoms with Crippen LogP contribution in [0.5, 0.6) is 0 Å². The van der Waals surface area contributed by atoms with Crippen LogP contribution in [-0.2, 0) is 0 Å². The fourth-order valence-corrected chi connectivity index (χ4v) is 2.30. The van der Waals surface area contributed by atoms with Crippen LogP contribution >= 0.6 is 0 Å². The molecule has 3 rings (SSSR count). The van der Waals surface area contributed by atoms with E-state index in [2.05, 4.69) is 9.97 Å². The molecular formula is C14H12F3N5. The molecule has 22 heavy (non-hydrogen) atoms. The number of nitrogens with zero attached hydrogens (tertiary/aromatic N) is 3. The Kier molecular flexibility index (Phi) is 3.36. The van der Waals surface area contributed by atoms with E-state index in [9.17, 15) is 13.2 Å². The second kappa shape index (κ2) is 5.21. The highest BCUT2D eigenvalue weighted by Gasteiger charge is 2.26. The molecule has 2 aromatic heterocycles. The third-order valence-corrected chi connectivity index (χ3v) is 3.33. The van der Waals surface area contributed by atoms with Crippen molar-refractivity contribution in [1.82, 2.24) is 14.5 Å². The van der Waals surface area contributed by atoms with Crippen LogP contribution in [0.4, 0.5) is 24.7 Å². The van der Waals surface area contributed by atoms with Crippen LogP contribution in [0, 0.1) is 0 Å². The molecule has 0 bridgehead atoms. The molecule has 0 saturated heterocycles. The van der Waals surface area contributed by atoms with Gasteiger partial charge in [0.1, 0.15) is 17.8 Å². The zero-order valence-electron chi connectivity index (χ0n) is 11.2. The fourth-order valence-electron chi connectivity index (χ4n) is 2.30. The SMILES string of the molecule is Nc1ccc(-c2cn(C(F)C(F)F)c3ncnc(N)c23)cc1. The molecular weight excluding hydrogens is 295 g/mol. The summed E-state index contributed by atoms with van der Waals surface area (Å²) in [7, 11) is 0. The van der Waals surface area contributed by atoms with E-state index in [-0.39, 0.29) is 11.5 Å². The maximum Gasteiger partial charge on any atom is 0.288 e. The molecule has 114 valence electrons. The van der Waals surface area contributed by atoms with Gasteiger partial charge in [0, 0.05) is 17.4 Å². The van der Waals surface area contributed by atoms with Crippen LogP contribution in [0.15, 0.2) is 36.8 Å². The average Bonchev–Trinajstić information content (AvgIpc) is 2.88. The summed E-state index contributed by atoms with van der Waals surface area (Å²) >= 11 is 0. The molecule has 4 N–H and O–H groups in total. The van der Waals surface area contributed by atoms with Gasteiger partial charge in [0.15, 0.2) is 0 Å². The van der Waals surface area contributed by atoms with Crippen molar-refractivity contribution in [1.29, 1.82) is 0 Å². The van der Waals surface area contributed by atoms with E-state index in [1.54, 1.807) is 24.3 Å². The van der Waals surface area contributed by atoms with Crippen LogP contribution in [0.3, 0.4) is 0 Å². The first-order chi connectivity index (χ1) is 10.5. The summed E-state index contributed by atoms with van der Waals surface area (Å²) in [6.45, 7) is 0. The lowest BCUT2D eigenvalue weighted by Gasteiger charge is -2.09. The number of nitrogens with two attached hydrogens (primary N) is 2. The van der Waals surface area contributed by atoms with Gasteiger partial charge in [-0.05, 0) is 17.7 Å². The average molecular weight is 307 g/mol. The number of hydrogen-bond acceptors (Lipinski definition) is 4. The third-order valence-electron chi connectivity index (χ3n) is 3.33. The van der Waals surface area contributed by atoms with Gasteiger partial charge in [0.2, 0.25) is 6.30 Å². The molecule has 1 aromatic carbocycles. The van der Waals surface area contributed by atoms with Crippen molar-refractivity contribution < 1.29 is 13.2 Å². The summed E-state index contributed by atoms with van der Waals surface area (Å²) in [6, 6.07) is 6.68. The van der Waals surface area contributed by atoms with Gasteiger partial charge in [-0.15, -0.1) is 0 Å². The van der Waals surface area contributed by atoms with Crippen LogP contribution in [0.25, 0.3) is 22.2 Å². The second-order valence-corrected chi connectivity index (χ2v) is 4.74. The number of halogens is 3. The number of rotatable bonds is 3. The lowest BCUT2D eigenvalue weighted by molar-refractivity contribution is 0.0104. The Hall–Kier alpha value is -2.77. The van der Waals surface area contributed by atoms with Gasteiger partial charge in [-0.3, -0.25) is 4.57 Å². The quantitative estimate of drug-likeness (QED) is 0.729. The van der Waals surface area contributed by atoms with E-state index < -0.39 is 12.7 Å². The highest BCUT2D eigenvalue weighted by molar-refractivity contribution is 6.00. The zero-order chi connectivity index (χ0) is 15.9. The second-order valence-electron chi connectivity index (χ2n) is 4.74. The molecule has 1 atom stereocenters.